The number of hydrogen-bond donors (Lipinski definition) is 1. The number of rotatable bonds is 12. The molecule has 0 unspecified atom stereocenters. The summed E-state index contributed by atoms with van der Waals surface area (Å²) < 4.78 is 15.8. The molecule has 0 saturated carbocycles. The van der Waals surface area contributed by atoms with E-state index in [1.165, 1.54) is 27.1 Å². The molecular weight excluding hydrogens is 396 g/mol. The fourth-order valence-corrected chi connectivity index (χ4v) is 2.87. The van der Waals surface area contributed by atoms with Crippen LogP contribution >= 0.6 is 0 Å². The number of unbranched alkanes of at least 4 members (excludes halogenated alkanes) is 4. The van der Waals surface area contributed by atoms with E-state index < -0.39 is 5.97 Å². The molecule has 0 aromatic heterocycles. The topological polar surface area (TPSA) is 86.2 Å². The van der Waals surface area contributed by atoms with Crippen LogP contribution in [0.25, 0.3) is 0 Å². The monoisotopic (exact) mass is 426 g/mol. The van der Waals surface area contributed by atoms with Crippen molar-refractivity contribution in [2.24, 2.45) is 5.10 Å². The highest BCUT2D eigenvalue weighted by molar-refractivity contribution is 5.92. The van der Waals surface area contributed by atoms with Crippen molar-refractivity contribution >= 4 is 18.1 Å². The van der Waals surface area contributed by atoms with Crippen LogP contribution in [-0.4, -0.2) is 32.3 Å². The van der Waals surface area contributed by atoms with Crippen LogP contribution in [-0.2, 0) is 4.79 Å². The molecule has 0 aliphatic carbocycles. The first-order chi connectivity index (χ1) is 15.1. The van der Waals surface area contributed by atoms with E-state index in [0.29, 0.717) is 29.2 Å². The van der Waals surface area contributed by atoms with Crippen molar-refractivity contribution in [1.29, 1.82) is 0 Å². The lowest BCUT2D eigenvalue weighted by atomic mass is 10.1. The number of carbonyl (C=O) groups excluding carboxylic acids is 2. The van der Waals surface area contributed by atoms with Gasteiger partial charge in [0.15, 0.2) is 11.5 Å². The summed E-state index contributed by atoms with van der Waals surface area (Å²) in [7, 11) is 3.03. The predicted octanol–water partition coefficient (Wildman–Crippen LogP) is 4.73. The molecule has 0 bridgehead atoms. The molecule has 0 atom stereocenters. The van der Waals surface area contributed by atoms with Gasteiger partial charge >= 0.3 is 5.97 Å². The average molecular weight is 427 g/mol. The molecule has 0 aliphatic heterocycles. The molecule has 7 heteroatoms. The number of amides is 1. The Morgan fingerprint density at radius 2 is 1.65 bits per heavy atom. The van der Waals surface area contributed by atoms with E-state index in [1.807, 2.05) is 0 Å². The number of nitrogens with one attached hydrogen (secondary N) is 1. The lowest BCUT2D eigenvalue weighted by Gasteiger charge is -2.09. The summed E-state index contributed by atoms with van der Waals surface area (Å²) in [5, 5.41) is 3.97. The van der Waals surface area contributed by atoms with Crippen molar-refractivity contribution in [1.82, 2.24) is 5.43 Å². The molecule has 0 fully saturated rings. The van der Waals surface area contributed by atoms with Crippen molar-refractivity contribution < 1.29 is 23.8 Å². The van der Waals surface area contributed by atoms with Crippen molar-refractivity contribution in [3.63, 3.8) is 0 Å². The summed E-state index contributed by atoms with van der Waals surface area (Å²) in [6.45, 7) is 2.16. The summed E-state index contributed by atoms with van der Waals surface area (Å²) >= 11 is 0. The SMILES string of the molecule is CCCCCCCC(=O)NN=Cc1ccc(OC(=O)c2ccc(OC)c(OC)c2)cc1. The number of esters is 1. The second-order valence-corrected chi connectivity index (χ2v) is 6.99. The van der Waals surface area contributed by atoms with Crippen molar-refractivity contribution in [2.45, 2.75) is 45.4 Å². The molecule has 2 aromatic rings. The first-order valence-electron chi connectivity index (χ1n) is 10.4. The van der Waals surface area contributed by atoms with Crippen LogP contribution in [0.1, 0.15) is 61.4 Å². The van der Waals surface area contributed by atoms with E-state index in [9.17, 15) is 9.59 Å². The van der Waals surface area contributed by atoms with Crippen LogP contribution < -0.4 is 19.6 Å². The Bertz CT molecular complexity index is 878. The molecular formula is C24H30N2O5. The van der Waals surface area contributed by atoms with Gasteiger partial charge in [-0.05, 0) is 54.4 Å². The predicted molar refractivity (Wildman–Crippen MR) is 120 cm³/mol. The van der Waals surface area contributed by atoms with E-state index in [2.05, 4.69) is 17.5 Å². The van der Waals surface area contributed by atoms with Crippen LogP contribution in [0.3, 0.4) is 0 Å². The first kappa shape index (κ1) is 23.9. The zero-order valence-corrected chi connectivity index (χ0v) is 18.3. The normalized spacial score (nSPS) is 10.7. The quantitative estimate of drug-likeness (QED) is 0.174. The number of carbonyl (C=O) groups is 2. The second-order valence-electron chi connectivity index (χ2n) is 6.99. The molecule has 0 spiro atoms. The van der Waals surface area contributed by atoms with E-state index in [0.717, 1.165) is 24.8 Å². The van der Waals surface area contributed by atoms with Gasteiger partial charge in [0.2, 0.25) is 5.91 Å². The summed E-state index contributed by atoms with van der Waals surface area (Å²) in [6.07, 6.45) is 7.52. The van der Waals surface area contributed by atoms with Gasteiger partial charge in [-0.3, -0.25) is 4.79 Å². The highest BCUT2D eigenvalue weighted by Crippen LogP contribution is 2.28. The van der Waals surface area contributed by atoms with Gasteiger partial charge in [-0.2, -0.15) is 5.10 Å². The molecule has 166 valence electrons. The lowest BCUT2D eigenvalue weighted by Crippen LogP contribution is -2.16. The smallest absolute Gasteiger partial charge is 0.343 e. The molecule has 2 aromatic carbocycles. The molecule has 31 heavy (non-hydrogen) atoms. The number of ether oxygens (including phenoxy) is 3. The van der Waals surface area contributed by atoms with E-state index >= 15 is 0 Å². The number of nitrogens with zero attached hydrogens (tertiary/aromatic N) is 1. The Morgan fingerprint density at radius 1 is 0.935 bits per heavy atom. The fourth-order valence-electron chi connectivity index (χ4n) is 2.87. The van der Waals surface area contributed by atoms with Crippen molar-refractivity contribution in [2.75, 3.05) is 14.2 Å². The van der Waals surface area contributed by atoms with Crippen molar-refractivity contribution in [3.05, 3.63) is 53.6 Å². The largest absolute Gasteiger partial charge is 0.493 e. The van der Waals surface area contributed by atoms with Gasteiger partial charge in [-0.25, -0.2) is 10.2 Å². The Balaban J connectivity index is 1.83. The van der Waals surface area contributed by atoms with Crippen LogP contribution in [0, 0.1) is 0 Å². The zero-order valence-electron chi connectivity index (χ0n) is 18.3. The summed E-state index contributed by atoms with van der Waals surface area (Å²) in [4.78, 5) is 24.1. The number of benzene rings is 2. The molecule has 2 rings (SSSR count). The average Bonchev–Trinajstić information content (AvgIpc) is 2.79. The lowest BCUT2D eigenvalue weighted by molar-refractivity contribution is -0.121. The van der Waals surface area contributed by atoms with Crippen LogP contribution in [0.2, 0.25) is 0 Å². The van der Waals surface area contributed by atoms with Gasteiger partial charge in [0.1, 0.15) is 5.75 Å². The van der Waals surface area contributed by atoms with Gasteiger partial charge in [-0.15, -0.1) is 0 Å². The highest BCUT2D eigenvalue weighted by atomic mass is 16.5. The van der Waals surface area contributed by atoms with Crippen LogP contribution in [0.15, 0.2) is 47.6 Å². The third kappa shape index (κ3) is 8.12. The second kappa shape index (κ2) is 13.1. The Morgan fingerprint density at radius 3 is 2.32 bits per heavy atom. The minimum absolute atomic E-state index is 0.0896. The maximum absolute atomic E-state index is 12.4. The maximum Gasteiger partial charge on any atom is 0.343 e. The Labute approximate surface area is 183 Å². The number of hydrogen-bond acceptors (Lipinski definition) is 6. The van der Waals surface area contributed by atoms with Crippen LogP contribution in [0.5, 0.6) is 17.2 Å². The van der Waals surface area contributed by atoms with E-state index in [-0.39, 0.29) is 5.91 Å². The van der Waals surface area contributed by atoms with Gasteiger partial charge in [0.25, 0.3) is 0 Å². The van der Waals surface area contributed by atoms with E-state index in [1.54, 1.807) is 48.7 Å². The van der Waals surface area contributed by atoms with Gasteiger partial charge in [0.05, 0.1) is 26.0 Å². The molecule has 0 aliphatic rings. The minimum atomic E-state index is -0.506. The van der Waals surface area contributed by atoms with Gasteiger partial charge < -0.3 is 14.2 Å². The highest BCUT2D eigenvalue weighted by Gasteiger charge is 2.12. The first-order valence-corrected chi connectivity index (χ1v) is 10.4. The van der Waals surface area contributed by atoms with E-state index in [4.69, 9.17) is 14.2 Å². The standard InChI is InChI=1S/C24H30N2O5/c1-4-5-6-7-8-9-23(27)26-25-17-18-10-13-20(14-11-18)31-24(28)19-12-15-21(29-2)22(16-19)30-3/h10-17H,4-9H2,1-3H3,(H,26,27). The summed E-state index contributed by atoms with van der Waals surface area (Å²) in [6, 6.07) is 11.6. The fraction of sp³-hybridized carbons (Fsp3) is 0.375. The summed E-state index contributed by atoms with van der Waals surface area (Å²) in [5.41, 5.74) is 3.65. The molecule has 0 radical (unpaired) electrons. The van der Waals surface area contributed by atoms with Gasteiger partial charge in [-0.1, -0.05) is 32.6 Å². The van der Waals surface area contributed by atoms with Gasteiger partial charge in [0, 0.05) is 6.42 Å². The third-order valence-corrected chi connectivity index (χ3v) is 4.62. The molecule has 0 saturated heterocycles. The van der Waals surface area contributed by atoms with Crippen molar-refractivity contribution in [3.8, 4) is 17.2 Å². The molecule has 7 nitrogen and oxygen atoms in total. The number of methoxy groups -OCH3 is 2. The van der Waals surface area contributed by atoms with Crippen LogP contribution in [0.4, 0.5) is 0 Å². The zero-order chi connectivity index (χ0) is 22.5. The Hall–Kier alpha value is -3.35. The summed E-state index contributed by atoms with van der Waals surface area (Å²) in [5.74, 6) is 0.785. The maximum atomic E-state index is 12.4. The minimum Gasteiger partial charge on any atom is -0.493 e. The number of hydrazone groups is 1. The Kier molecular flexibility index (Phi) is 10.1. The third-order valence-electron chi connectivity index (χ3n) is 4.62. The molecule has 0 heterocycles. The molecule has 1 amide bonds. The molecule has 1 N–H and O–H groups in total.